The van der Waals surface area contributed by atoms with Crippen molar-refractivity contribution in [2.45, 2.75) is 13.0 Å². The van der Waals surface area contributed by atoms with E-state index in [9.17, 15) is 0 Å². The van der Waals surface area contributed by atoms with Gasteiger partial charge in [-0.2, -0.15) is 0 Å². The van der Waals surface area contributed by atoms with Gasteiger partial charge in [-0.05, 0) is 0 Å². The van der Waals surface area contributed by atoms with Crippen LogP contribution in [0.15, 0.2) is 0 Å². The van der Waals surface area contributed by atoms with Gasteiger partial charge in [0.2, 0.25) is 0 Å². The predicted octanol–water partition coefficient (Wildman–Crippen LogP) is 0.584. The van der Waals surface area contributed by atoms with Gasteiger partial charge in [-0.15, -0.1) is 0 Å². The molecule has 0 aromatic carbocycles. The van der Waals surface area contributed by atoms with Crippen LogP contribution in [0.25, 0.3) is 0 Å². The van der Waals surface area contributed by atoms with Crippen molar-refractivity contribution in [3.8, 4) is 0 Å². The lowest BCUT2D eigenvalue weighted by Crippen LogP contribution is -1.97. The molecule has 0 aliphatic rings. The fraction of sp³-hybridized carbons (Fsp3) is 1.00. The van der Waals surface area contributed by atoms with E-state index in [0.717, 1.165) is 9.31 Å². The Hall–Kier alpha value is 0.0169. The standard InChI is InChI=1S/C4H11NSi/c1-4-6-5(2)3/h4H2,1-3H3/q+1. The minimum atomic E-state index is 1.00. The summed E-state index contributed by atoms with van der Waals surface area (Å²) in [6.45, 7) is 2.19. The Balaban J connectivity index is 3.14. The molecule has 0 saturated heterocycles. The van der Waals surface area contributed by atoms with Crippen LogP contribution in [-0.4, -0.2) is 27.6 Å². The zero-order valence-electron chi connectivity index (χ0n) is 4.65. The fourth-order valence-corrected chi connectivity index (χ4v) is 0.949. The molecule has 0 saturated carbocycles. The molecule has 0 aromatic heterocycles. The normalized spacial score (nSPS) is 7.83. The third kappa shape index (κ3) is 4.02. The summed E-state index contributed by atoms with van der Waals surface area (Å²) in [5.41, 5.74) is 0. The number of hydrogen-bond donors (Lipinski definition) is 0. The van der Waals surface area contributed by atoms with Crippen molar-refractivity contribution in [3.63, 3.8) is 0 Å². The van der Waals surface area contributed by atoms with E-state index in [-0.39, 0.29) is 0 Å². The van der Waals surface area contributed by atoms with Gasteiger partial charge in [-0.25, -0.2) is 0 Å². The monoisotopic (exact) mass is 101 g/mol. The van der Waals surface area contributed by atoms with Gasteiger partial charge in [0.1, 0.15) is 14.1 Å². The Bertz CT molecular complexity index is 54.6. The van der Waals surface area contributed by atoms with E-state index in [1.807, 2.05) is 0 Å². The van der Waals surface area contributed by atoms with Crippen LogP contribution in [0.1, 0.15) is 6.92 Å². The summed E-state index contributed by atoms with van der Waals surface area (Å²) in [7, 11) is 5.20. The third-order valence-electron chi connectivity index (χ3n) is 0.474. The molecule has 0 amide bonds. The van der Waals surface area contributed by atoms with Gasteiger partial charge in [0, 0.05) is 6.04 Å². The van der Waals surface area contributed by atoms with Crippen LogP contribution in [0.4, 0.5) is 0 Å². The highest BCUT2D eigenvalue weighted by Gasteiger charge is 1.79. The zero-order chi connectivity index (χ0) is 4.99. The van der Waals surface area contributed by atoms with Gasteiger partial charge in [0.15, 0.2) is 0 Å². The second-order valence-corrected chi connectivity index (χ2v) is 3.32. The molecule has 6 heavy (non-hydrogen) atoms. The Morgan fingerprint density at radius 3 is 2.00 bits per heavy atom. The second kappa shape index (κ2) is 3.22. The van der Waals surface area contributed by atoms with Crippen molar-refractivity contribution in [1.82, 2.24) is 0 Å². The summed E-state index contributed by atoms with van der Waals surface area (Å²) >= 11 is 0. The average Bonchev–Trinajstić information content (AvgIpc) is 1.35. The summed E-state index contributed by atoms with van der Waals surface area (Å²) in [6, 6.07) is 1.28. The molecule has 0 N–H and O–H groups in total. The summed E-state index contributed by atoms with van der Waals surface area (Å²) in [5.74, 6) is 0. The number of nitrogens with zero attached hydrogens (tertiary/aromatic N) is 1. The number of rotatable bonds is 1. The molecule has 0 aliphatic heterocycles. The van der Waals surface area contributed by atoms with Crippen molar-refractivity contribution < 1.29 is 4.22 Å². The highest BCUT2D eigenvalue weighted by Crippen LogP contribution is 1.61. The van der Waals surface area contributed by atoms with E-state index in [4.69, 9.17) is 0 Å². The second-order valence-electron chi connectivity index (χ2n) is 1.41. The minimum absolute atomic E-state index is 1.00. The lowest BCUT2D eigenvalue weighted by atomic mass is 11.0. The van der Waals surface area contributed by atoms with Crippen LogP contribution in [0.5, 0.6) is 0 Å². The quantitative estimate of drug-likeness (QED) is 0.425. The summed E-state index contributed by atoms with van der Waals surface area (Å²) in [6.07, 6.45) is 0. The lowest BCUT2D eigenvalue weighted by molar-refractivity contribution is -0.449. The van der Waals surface area contributed by atoms with Crippen LogP contribution < -0.4 is 0 Å². The first kappa shape index (κ1) is 6.02. The molecule has 0 aliphatic carbocycles. The molecule has 0 unspecified atom stereocenters. The van der Waals surface area contributed by atoms with Gasteiger partial charge in [0.05, 0.1) is 0 Å². The first-order valence-corrected chi connectivity index (χ1v) is 3.33. The smallest absolute Gasteiger partial charge is 0.316 e. The van der Waals surface area contributed by atoms with E-state index < -0.39 is 0 Å². The largest absolute Gasteiger partial charge is 0.414 e. The molecular formula is C4H11NSi+. The molecule has 0 rings (SSSR count). The van der Waals surface area contributed by atoms with E-state index in [1.54, 1.807) is 0 Å². The van der Waals surface area contributed by atoms with Crippen molar-refractivity contribution in [1.29, 1.82) is 0 Å². The zero-order valence-corrected chi connectivity index (χ0v) is 5.65. The molecule has 0 aromatic rings. The molecule has 0 heterocycles. The van der Waals surface area contributed by atoms with E-state index in [2.05, 4.69) is 25.2 Å². The minimum Gasteiger partial charge on any atom is -0.316 e. The maximum absolute atomic E-state index is 2.21. The van der Waals surface area contributed by atoms with E-state index in [0.29, 0.717) is 0 Å². The van der Waals surface area contributed by atoms with Crippen LogP contribution in [0.2, 0.25) is 6.04 Å². The van der Waals surface area contributed by atoms with Crippen molar-refractivity contribution >= 4 is 9.31 Å². The first-order chi connectivity index (χ1) is 2.77. The third-order valence-corrected chi connectivity index (χ3v) is 1.42. The molecule has 1 nitrogen and oxygen atoms in total. The summed E-state index contributed by atoms with van der Waals surface area (Å²) < 4.78 is 2.21. The van der Waals surface area contributed by atoms with E-state index >= 15 is 0 Å². The Kier molecular flexibility index (Phi) is 3.23. The summed E-state index contributed by atoms with van der Waals surface area (Å²) in [5, 5.41) is 0. The molecule has 0 fully saturated rings. The van der Waals surface area contributed by atoms with E-state index in [1.165, 1.54) is 6.04 Å². The van der Waals surface area contributed by atoms with Crippen LogP contribution in [0.3, 0.4) is 0 Å². The predicted molar refractivity (Wildman–Crippen MR) is 28.3 cm³/mol. The Labute approximate surface area is 41.5 Å². The topological polar surface area (TPSA) is 3.01 Å². The molecule has 35 valence electrons. The maximum Gasteiger partial charge on any atom is 0.414 e. The SMILES string of the molecule is CC[Si]=[N+](C)C. The van der Waals surface area contributed by atoms with Crippen molar-refractivity contribution in [2.75, 3.05) is 14.1 Å². The van der Waals surface area contributed by atoms with Crippen LogP contribution in [-0.2, 0) is 0 Å². The number of hydrogen-bond acceptors (Lipinski definition) is 0. The molecular weight excluding hydrogens is 90.1 g/mol. The van der Waals surface area contributed by atoms with Crippen LogP contribution in [0, 0.1) is 0 Å². The van der Waals surface area contributed by atoms with Gasteiger partial charge >= 0.3 is 9.31 Å². The molecule has 0 atom stereocenters. The molecule has 0 bridgehead atoms. The Morgan fingerprint density at radius 2 is 2.00 bits per heavy atom. The fourth-order valence-electron chi connectivity index (χ4n) is 0.316. The highest BCUT2D eigenvalue weighted by atomic mass is 28.2. The first-order valence-electron chi connectivity index (χ1n) is 2.18. The molecule has 0 spiro atoms. The van der Waals surface area contributed by atoms with Gasteiger partial charge < -0.3 is 4.22 Å². The maximum atomic E-state index is 2.21. The van der Waals surface area contributed by atoms with Gasteiger partial charge in [-0.3, -0.25) is 0 Å². The van der Waals surface area contributed by atoms with Crippen LogP contribution >= 0.6 is 0 Å². The van der Waals surface area contributed by atoms with Crippen molar-refractivity contribution in [2.24, 2.45) is 0 Å². The molecule has 2 heteroatoms. The van der Waals surface area contributed by atoms with Gasteiger partial charge in [-0.1, -0.05) is 6.92 Å². The summed E-state index contributed by atoms with van der Waals surface area (Å²) in [4.78, 5) is 0. The average molecular weight is 101 g/mol. The van der Waals surface area contributed by atoms with Gasteiger partial charge in [0.25, 0.3) is 0 Å². The Morgan fingerprint density at radius 1 is 1.50 bits per heavy atom. The highest BCUT2D eigenvalue weighted by molar-refractivity contribution is 6.16. The lowest BCUT2D eigenvalue weighted by Gasteiger charge is -1.76. The molecule has 1 radical (unpaired) electrons. The van der Waals surface area contributed by atoms with Crippen molar-refractivity contribution in [3.05, 3.63) is 0 Å².